The van der Waals surface area contributed by atoms with Gasteiger partial charge in [-0.1, -0.05) is 12.1 Å². The van der Waals surface area contributed by atoms with Crippen molar-refractivity contribution in [2.45, 2.75) is 45.4 Å². The first-order valence-electron chi connectivity index (χ1n) is 10.6. The number of fused-ring (bicyclic) bond motifs is 1. The minimum Gasteiger partial charge on any atom is -0.381 e. The number of carbonyl (C=O) groups excluding carboxylic acids is 1. The van der Waals surface area contributed by atoms with Gasteiger partial charge in [-0.2, -0.15) is 0 Å². The van der Waals surface area contributed by atoms with Gasteiger partial charge in [-0.05, 0) is 63.5 Å². The van der Waals surface area contributed by atoms with Crippen LogP contribution in [0.3, 0.4) is 0 Å². The van der Waals surface area contributed by atoms with Gasteiger partial charge in [-0.15, -0.1) is 0 Å². The van der Waals surface area contributed by atoms with E-state index in [1.807, 2.05) is 31.2 Å². The maximum atomic E-state index is 12.7. The molecule has 0 spiro atoms. The summed E-state index contributed by atoms with van der Waals surface area (Å²) in [6.07, 6.45) is 5.82. The zero-order valence-electron chi connectivity index (χ0n) is 16.7. The van der Waals surface area contributed by atoms with E-state index in [1.165, 1.54) is 0 Å². The van der Waals surface area contributed by atoms with E-state index in [1.54, 1.807) is 0 Å². The summed E-state index contributed by atoms with van der Waals surface area (Å²) >= 11 is 0. The van der Waals surface area contributed by atoms with Crippen LogP contribution in [0.2, 0.25) is 0 Å². The van der Waals surface area contributed by atoms with Crippen LogP contribution < -0.4 is 5.43 Å². The Balaban J connectivity index is 1.33. The number of nitrogens with zero attached hydrogens (tertiary/aromatic N) is 1. The molecule has 0 radical (unpaired) electrons. The highest BCUT2D eigenvalue weighted by molar-refractivity contribution is 5.79. The number of carbonyl (C=O) groups is 1. The zero-order valence-corrected chi connectivity index (χ0v) is 16.7. The van der Waals surface area contributed by atoms with E-state index in [-0.39, 0.29) is 11.3 Å². The molecule has 0 bridgehead atoms. The molecule has 1 aromatic heterocycles. The summed E-state index contributed by atoms with van der Waals surface area (Å²) in [4.78, 5) is 30.8. The largest absolute Gasteiger partial charge is 0.381 e. The lowest BCUT2D eigenvalue weighted by Crippen LogP contribution is -2.43. The van der Waals surface area contributed by atoms with E-state index in [0.717, 1.165) is 87.0 Å². The molecule has 1 aromatic carbocycles. The third kappa shape index (κ3) is 4.00. The van der Waals surface area contributed by atoms with E-state index in [0.29, 0.717) is 11.8 Å². The normalized spacial score (nSPS) is 19.2. The van der Waals surface area contributed by atoms with Gasteiger partial charge in [0.15, 0.2) is 5.43 Å². The molecule has 5 heteroatoms. The molecule has 3 heterocycles. The molecule has 0 saturated carbocycles. The molecule has 2 fully saturated rings. The predicted octanol–water partition coefficient (Wildman–Crippen LogP) is 3.43. The quantitative estimate of drug-likeness (QED) is 0.881. The van der Waals surface area contributed by atoms with E-state index >= 15 is 0 Å². The molecule has 0 aliphatic carbocycles. The third-order valence-electron chi connectivity index (χ3n) is 6.55. The standard InChI is InChI=1S/C23H30N2O3/c1-16-20(24-21-5-3-2-4-19(21)22(16)26)7-6-17-8-12-25(13-9-17)23(27)18-10-14-28-15-11-18/h2-5,17-18H,6-15H2,1H3,(H,24,26). The van der Waals surface area contributed by atoms with Crippen LogP contribution in [0.15, 0.2) is 29.1 Å². The number of ether oxygens (including phenoxy) is 1. The number of pyridine rings is 1. The van der Waals surface area contributed by atoms with Crippen molar-refractivity contribution in [3.05, 3.63) is 45.7 Å². The minimum absolute atomic E-state index is 0.140. The Morgan fingerprint density at radius 1 is 1.14 bits per heavy atom. The predicted molar refractivity (Wildman–Crippen MR) is 110 cm³/mol. The number of amides is 1. The maximum Gasteiger partial charge on any atom is 0.225 e. The second-order valence-electron chi connectivity index (χ2n) is 8.30. The minimum atomic E-state index is 0.140. The van der Waals surface area contributed by atoms with Crippen LogP contribution in [0.25, 0.3) is 10.9 Å². The fourth-order valence-electron chi connectivity index (χ4n) is 4.63. The summed E-state index contributed by atoms with van der Waals surface area (Å²) in [6, 6.07) is 7.73. The topological polar surface area (TPSA) is 62.4 Å². The van der Waals surface area contributed by atoms with Crippen molar-refractivity contribution < 1.29 is 9.53 Å². The highest BCUT2D eigenvalue weighted by atomic mass is 16.5. The average molecular weight is 383 g/mol. The third-order valence-corrected chi connectivity index (χ3v) is 6.55. The molecule has 28 heavy (non-hydrogen) atoms. The Morgan fingerprint density at radius 2 is 1.86 bits per heavy atom. The molecule has 0 unspecified atom stereocenters. The summed E-state index contributed by atoms with van der Waals surface area (Å²) in [6.45, 7) is 5.10. The summed E-state index contributed by atoms with van der Waals surface area (Å²) < 4.78 is 5.38. The molecule has 1 N–H and O–H groups in total. The van der Waals surface area contributed by atoms with Crippen LogP contribution in [0.4, 0.5) is 0 Å². The number of aromatic amines is 1. The lowest BCUT2D eigenvalue weighted by Gasteiger charge is -2.35. The SMILES string of the molecule is Cc1c(CCC2CCN(C(=O)C3CCOCC3)CC2)[nH]c2ccccc2c1=O. The molecular weight excluding hydrogens is 352 g/mol. The smallest absolute Gasteiger partial charge is 0.225 e. The van der Waals surface area contributed by atoms with Gasteiger partial charge in [0.05, 0.1) is 0 Å². The van der Waals surface area contributed by atoms with Gasteiger partial charge in [-0.3, -0.25) is 9.59 Å². The fourth-order valence-corrected chi connectivity index (χ4v) is 4.63. The highest BCUT2D eigenvalue weighted by Gasteiger charge is 2.29. The Bertz CT molecular complexity index is 890. The molecule has 5 nitrogen and oxygen atoms in total. The molecule has 4 rings (SSSR count). The molecule has 2 saturated heterocycles. The van der Waals surface area contributed by atoms with Crippen LogP contribution in [0.1, 0.15) is 43.4 Å². The first-order chi connectivity index (χ1) is 13.6. The summed E-state index contributed by atoms with van der Waals surface area (Å²) in [7, 11) is 0. The average Bonchev–Trinajstić information content (AvgIpc) is 2.76. The summed E-state index contributed by atoms with van der Waals surface area (Å²) in [5.41, 5.74) is 2.96. The van der Waals surface area contributed by atoms with Crippen LogP contribution in [-0.2, 0) is 16.0 Å². The van der Waals surface area contributed by atoms with Gasteiger partial charge >= 0.3 is 0 Å². The fraction of sp³-hybridized carbons (Fsp3) is 0.565. The van der Waals surface area contributed by atoms with Gasteiger partial charge < -0.3 is 14.6 Å². The first-order valence-corrected chi connectivity index (χ1v) is 10.6. The number of hydrogen-bond acceptors (Lipinski definition) is 3. The van der Waals surface area contributed by atoms with Gasteiger partial charge in [-0.25, -0.2) is 0 Å². The van der Waals surface area contributed by atoms with E-state index in [9.17, 15) is 9.59 Å². The molecular formula is C23H30N2O3. The number of nitrogens with one attached hydrogen (secondary N) is 1. The lowest BCUT2D eigenvalue weighted by atomic mass is 9.89. The van der Waals surface area contributed by atoms with Crippen LogP contribution in [0, 0.1) is 18.8 Å². The van der Waals surface area contributed by atoms with Crippen molar-refractivity contribution in [3.63, 3.8) is 0 Å². The molecule has 150 valence electrons. The Morgan fingerprint density at radius 3 is 2.61 bits per heavy atom. The number of aryl methyl sites for hydroxylation is 1. The Hall–Kier alpha value is -2.14. The van der Waals surface area contributed by atoms with Crippen LogP contribution in [0.5, 0.6) is 0 Å². The van der Waals surface area contributed by atoms with E-state index in [2.05, 4.69) is 9.88 Å². The highest BCUT2D eigenvalue weighted by Crippen LogP contribution is 2.26. The second kappa shape index (κ2) is 8.48. The van der Waals surface area contributed by atoms with Crippen molar-refractivity contribution >= 4 is 16.8 Å². The Labute approximate surface area is 166 Å². The number of para-hydroxylation sites is 1. The number of aromatic nitrogens is 1. The summed E-state index contributed by atoms with van der Waals surface area (Å²) in [5.74, 6) is 1.11. The van der Waals surface area contributed by atoms with E-state index < -0.39 is 0 Å². The van der Waals surface area contributed by atoms with Crippen molar-refractivity contribution in [2.24, 2.45) is 11.8 Å². The van der Waals surface area contributed by atoms with Crippen molar-refractivity contribution in [2.75, 3.05) is 26.3 Å². The lowest BCUT2D eigenvalue weighted by molar-refractivity contribution is -0.140. The van der Waals surface area contributed by atoms with Crippen LogP contribution >= 0.6 is 0 Å². The number of rotatable bonds is 4. The molecule has 1 amide bonds. The number of piperidine rings is 1. The molecule has 2 aliphatic heterocycles. The van der Waals surface area contributed by atoms with Crippen LogP contribution in [-0.4, -0.2) is 42.1 Å². The number of hydrogen-bond donors (Lipinski definition) is 1. The monoisotopic (exact) mass is 382 g/mol. The first kappa shape index (κ1) is 19.2. The Kier molecular flexibility index (Phi) is 5.81. The van der Waals surface area contributed by atoms with Gasteiger partial charge in [0.1, 0.15) is 0 Å². The van der Waals surface area contributed by atoms with E-state index in [4.69, 9.17) is 4.74 Å². The van der Waals surface area contributed by atoms with Gasteiger partial charge in [0, 0.05) is 54.4 Å². The van der Waals surface area contributed by atoms with Crippen molar-refractivity contribution in [3.8, 4) is 0 Å². The van der Waals surface area contributed by atoms with Gasteiger partial charge in [0.25, 0.3) is 0 Å². The maximum absolute atomic E-state index is 12.7. The molecule has 2 aliphatic rings. The molecule has 0 atom stereocenters. The zero-order chi connectivity index (χ0) is 19.5. The van der Waals surface area contributed by atoms with Gasteiger partial charge in [0.2, 0.25) is 5.91 Å². The second-order valence-corrected chi connectivity index (χ2v) is 8.30. The number of likely N-dealkylation sites (tertiary alicyclic amines) is 1. The molecule has 2 aromatic rings. The van der Waals surface area contributed by atoms with Crippen molar-refractivity contribution in [1.29, 1.82) is 0 Å². The number of benzene rings is 1. The number of H-pyrrole nitrogens is 1. The van der Waals surface area contributed by atoms with Crippen molar-refractivity contribution in [1.82, 2.24) is 9.88 Å². The summed E-state index contributed by atoms with van der Waals surface area (Å²) in [5, 5.41) is 0.767.